The second-order valence-electron chi connectivity index (χ2n) is 5.93. The van der Waals surface area contributed by atoms with Gasteiger partial charge in [0, 0.05) is 21.3 Å². The summed E-state index contributed by atoms with van der Waals surface area (Å²) in [7, 11) is 2.31. The standard InChI is InChI=1S/C17H38O4Si/c1-6-8-10-12-14-17(15-13-11-9-7-2)21-16-22(18-3,19-4)20-5/h17H,6-16H2,1-5H3. The molecule has 0 aliphatic rings. The lowest BCUT2D eigenvalue weighted by atomic mass is 10.0. The molecule has 0 aromatic carbocycles. The van der Waals surface area contributed by atoms with Crippen LogP contribution in [0.25, 0.3) is 0 Å². The van der Waals surface area contributed by atoms with Crippen LogP contribution < -0.4 is 0 Å². The minimum absolute atomic E-state index is 0.307. The van der Waals surface area contributed by atoms with Gasteiger partial charge in [-0.1, -0.05) is 65.2 Å². The van der Waals surface area contributed by atoms with E-state index in [1.807, 2.05) is 0 Å². The Morgan fingerprint density at radius 2 is 1.14 bits per heavy atom. The third-order valence-electron chi connectivity index (χ3n) is 4.19. The summed E-state index contributed by atoms with van der Waals surface area (Å²) in [5.74, 6) is 0. The summed E-state index contributed by atoms with van der Waals surface area (Å²) in [4.78, 5) is 0. The molecule has 0 aromatic heterocycles. The molecule has 0 bridgehead atoms. The van der Waals surface area contributed by atoms with Crippen LogP contribution in [0.3, 0.4) is 0 Å². The Labute approximate surface area is 139 Å². The van der Waals surface area contributed by atoms with E-state index in [2.05, 4.69) is 13.8 Å². The number of hydrogen-bond donors (Lipinski definition) is 0. The molecule has 0 atom stereocenters. The smallest absolute Gasteiger partial charge is 0.375 e. The number of rotatable bonds is 16. The van der Waals surface area contributed by atoms with Crippen molar-refractivity contribution in [1.82, 2.24) is 0 Å². The molecule has 0 rings (SSSR count). The molecule has 0 saturated heterocycles. The third-order valence-corrected chi connectivity index (χ3v) is 6.57. The maximum atomic E-state index is 6.13. The molecule has 134 valence electrons. The molecule has 0 aliphatic heterocycles. The van der Waals surface area contributed by atoms with E-state index in [4.69, 9.17) is 18.0 Å². The van der Waals surface area contributed by atoms with Crippen molar-refractivity contribution in [2.45, 2.75) is 84.2 Å². The minimum atomic E-state index is -2.61. The van der Waals surface area contributed by atoms with Gasteiger partial charge in [0.05, 0.1) is 6.10 Å². The van der Waals surface area contributed by atoms with Gasteiger partial charge in [0.25, 0.3) is 0 Å². The van der Waals surface area contributed by atoms with E-state index in [0.717, 1.165) is 12.8 Å². The molecule has 0 saturated carbocycles. The van der Waals surface area contributed by atoms with Gasteiger partial charge >= 0.3 is 8.80 Å². The van der Waals surface area contributed by atoms with E-state index >= 15 is 0 Å². The fourth-order valence-electron chi connectivity index (χ4n) is 2.56. The normalized spacial score (nSPS) is 12.3. The Morgan fingerprint density at radius 3 is 1.50 bits per heavy atom. The van der Waals surface area contributed by atoms with Gasteiger partial charge in [-0.05, 0) is 12.8 Å². The molecule has 0 N–H and O–H groups in total. The van der Waals surface area contributed by atoms with Crippen molar-refractivity contribution < 1.29 is 18.0 Å². The Balaban J connectivity index is 4.24. The number of hydrogen-bond acceptors (Lipinski definition) is 4. The highest BCUT2D eigenvalue weighted by molar-refractivity contribution is 6.60. The van der Waals surface area contributed by atoms with E-state index in [1.54, 1.807) is 21.3 Å². The van der Waals surface area contributed by atoms with Crippen LogP contribution in [0, 0.1) is 0 Å². The lowest BCUT2D eigenvalue weighted by molar-refractivity contribution is 0.0158. The molecule has 4 nitrogen and oxygen atoms in total. The quantitative estimate of drug-likeness (QED) is 0.302. The van der Waals surface area contributed by atoms with Gasteiger partial charge in [0.2, 0.25) is 0 Å². The van der Waals surface area contributed by atoms with Crippen LogP contribution in [0.2, 0.25) is 0 Å². The van der Waals surface area contributed by atoms with Crippen molar-refractivity contribution >= 4 is 8.80 Å². The number of ether oxygens (including phenoxy) is 1. The summed E-state index contributed by atoms with van der Waals surface area (Å²) in [5, 5.41) is 0. The lowest BCUT2D eigenvalue weighted by Gasteiger charge is -2.27. The van der Waals surface area contributed by atoms with Crippen molar-refractivity contribution in [3.8, 4) is 0 Å². The maximum Gasteiger partial charge on any atom is 0.527 e. The van der Waals surface area contributed by atoms with Crippen molar-refractivity contribution in [3.63, 3.8) is 0 Å². The molecule has 0 unspecified atom stereocenters. The van der Waals surface area contributed by atoms with Crippen molar-refractivity contribution in [2.24, 2.45) is 0 Å². The molecule has 0 fully saturated rings. The van der Waals surface area contributed by atoms with Gasteiger partial charge < -0.3 is 18.0 Å². The van der Waals surface area contributed by atoms with Crippen LogP contribution in [-0.4, -0.2) is 42.5 Å². The molecule has 5 heteroatoms. The summed E-state index contributed by atoms with van der Waals surface area (Å²) in [6, 6.07) is 0. The summed E-state index contributed by atoms with van der Waals surface area (Å²) < 4.78 is 22.5. The van der Waals surface area contributed by atoms with Gasteiger partial charge in [-0.3, -0.25) is 0 Å². The zero-order chi connectivity index (χ0) is 16.7. The first-order valence-corrected chi connectivity index (χ1v) is 10.9. The van der Waals surface area contributed by atoms with E-state index in [9.17, 15) is 0 Å². The van der Waals surface area contributed by atoms with Gasteiger partial charge in [-0.15, -0.1) is 0 Å². The fourth-order valence-corrected chi connectivity index (χ4v) is 3.85. The van der Waals surface area contributed by atoms with Crippen LogP contribution in [-0.2, 0) is 18.0 Å². The molecule has 0 spiro atoms. The second-order valence-corrected chi connectivity index (χ2v) is 8.81. The highest BCUT2D eigenvalue weighted by Crippen LogP contribution is 2.17. The topological polar surface area (TPSA) is 36.9 Å². The highest BCUT2D eigenvalue weighted by Gasteiger charge is 2.39. The van der Waals surface area contributed by atoms with Gasteiger partial charge in [0.1, 0.15) is 6.23 Å². The summed E-state index contributed by atoms with van der Waals surface area (Å²) in [5.41, 5.74) is 0. The molecule has 0 aromatic rings. The first kappa shape index (κ1) is 22.1. The predicted octanol–water partition coefficient (Wildman–Crippen LogP) is 4.73. The van der Waals surface area contributed by atoms with E-state index in [1.165, 1.54) is 51.4 Å². The molecule has 0 amide bonds. The molecule has 0 heterocycles. The lowest BCUT2D eigenvalue weighted by Crippen LogP contribution is -2.49. The van der Waals surface area contributed by atoms with Gasteiger partial charge in [-0.25, -0.2) is 0 Å². The largest absolute Gasteiger partial charge is 0.527 e. The molecule has 0 radical (unpaired) electrons. The zero-order valence-electron chi connectivity index (χ0n) is 15.5. The molecule has 0 aliphatic carbocycles. The average Bonchev–Trinajstić information content (AvgIpc) is 2.56. The van der Waals surface area contributed by atoms with Crippen LogP contribution >= 0.6 is 0 Å². The number of unbranched alkanes of at least 4 members (excludes halogenated alkanes) is 6. The van der Waals surface area contributed by atoms with Crippen LogP contribution in [0.15, 0.2) is 0 Å². The molecular weight excluding hydrogens is 296 g/mol. The van der Waals surface area contributed by atoms with E-state index in [0.29, 0.717) is 12.3 Å². The van der Waals surface area contributed by atoms with Crippen LogP contribution in [0.4, 0.5) is 0 Å². The Kier molecular flexibility index (Phi) is 14.7. The molecular formula is C17H38O4Si. The van der Waals surface area contributed by atoms with Crippen LogP contribution in [0.5, 0.6) is 0 Å². The fraction of sp³-hybridized carbons (Fsp3) is 1.00. The monoisotopic (exact) mass is 334 g/mol. The van der Waals surface area contributed by atoms with Gasteiger partial charge in [-0.2, -0.15) is 0 Å². The Morgan fingerprint density at radius 1 is 0.682 bits per heavy atom. The first-order valence-electron chi connectivity index (χ1n) is 8.95. The van der Waals surface area contributed by atoms with Crippen molar-refractivity contribution in [2.75, 3.05) is 27.6 Å². The molecule has 22 heavy (non-hydrogen) atoms. The second kappa shape index (κ2) is 14.6. The highest BCUT2D eigenvalue weighted by atomic mass is 28.4. The first-order chi connectivity index (χ1) is 10.7. The van der Waals surface area contributed by atoms with E-state index in [-0.39, 0.29) is 0 Å². The summed E-state index contributed by atoms with van der Waals surface area (Å²) >= 11 is 0. The third kappa shape index (κ3) is 9.95. The zero-order valence-corrected chi connectivity index (χ0v) is 16.5. The van der Waals surface area contributed by atoms with Crippen LogP contribution in [0.1, 0.15) is 78.1 Å². The Bertz CT molecular complexity index is 214. The van der Waals surface area contributed by atoms with Crippen molar-refractivity contribution in [3.05, 3.63) is 0 Å². The maximum absolute atomic E-state index is 6.13. The van der Waals surface area contributed by atoms with Gasteiger partial charge in [0.15, 0.2) is 0 Å². The predicted molar refractivity (Wildman–Crippen MR) is 94.0 cm³/mol. The average molecular weight is 335 g/mol. The minimum Gasteiger partial charge on any atom is -0.375 e. The van der Waals surface area contributed by atoms with E-state index < -0.39 is 8.80 Å². The van der Waals surface area contributed by atoms with Crippen molar-refractivity contribution in [1.29, 1.82) is 0 Å². The summed E-state index contributed by atoms with van der Waals surface area (Å²) in [6.45, 7) is 4.49. The summed E-state index contributed by atoms with van der Waals surface area (Å²) in [6.07, 6.45) is 13.3. The SMILES string of the molecule is CCCCCCC(CCCCCC)OC[Si](OC)(OC)OC. The Hall–Kier alpha value is 0.0569.